The topological polar surface area (TPSA) is 100 Å². The van der Waals surface area contributed by atoms with Gasteiger partial charge in [-0.15, -0.1) is 10.2 Å². The van der Waals surface area contributed by atoms with Crippen molar-refractivity contribution in [3.05, 3.63) is 54.9 Å². The Morgan fingerprint density at radius 2 is 1.96 bits per heavy atom. The van der Waals surface area contributed by atoms with Crippen LogP contribution in [0.3, 0.4) is 0 Å². The quantitative estimate of drug-likeness (QED) is 0.554. The number of aromatic nitrogens is 4. The van der Waals surface area contributed by atoms with Crippen LogP contribution < -0.4 is 4.74 Å². The van der Waals surface area contributed by atoms with Crippen molar-refractivity contribution < 1.29 is 18.1 Å². The van der Waals surface area contributed by atoms with Crippen LogP contribution in [0.15, 0.2) is 62.4 Å². The van der Waals surface area contributed by atoms with Gasteiger partial charge in [-0.25, -0.2) is 0 Å². The van der Waals surface area contributed by atoms with Crippen LogP contribution in [0.2, 0.25) is 0 Å². The molecule has 4 rings (SSSR count). The van der Waals surface area contributed by atoms with Crippen molar-refractivity contribution in [3.8, 4) is 28.8 Å². The summed E-state index contributed by atoms with van der Waals surface area (Å²) in [5.74, 6) is 2.41. The fourth-order valence-corrected chi connectivity index (χ4v) is 1.96. The van der Waals surface area contributed by atoms with E-state index in [2.05, 4.69) is 20.3 Å². The molecule has 8 heteroatoms. The minimum atomic E-state index is 0.160. The molecule has 0 atom stereocenters. The van der Waals surface area contributed by atoms with Crippen LogP contribution in [0.1, 0.15) is 5.89 Å². The molecule has 0 unspecified atom stereocenters. The number of hydrogen-bond donors (Lipinski definition) is 0. The fourth-order valence-electron chi connectivity index (χ4n) is 1.96. The van der Waals surface area contributed by atoms with Crippen LogP contribution in [0, 0.1) is 0 Å². The first-order chi connectivity index (χ1) is 11.4. The Hall–Kier alpha value is -3.42. The molecule has 4 aromatic rings. The summed E-state index contributed by atoms with van der Waals surface area (Å²) >= 11 is 0. The highest BCUT2D eigenvalue weighted by Crippen LogP contribution is 2.21. The number of nitrogens with zero attached hydrogens (tertiary/aromatic N) is 4. The lowest BCUT2D eigenvalue weighted by atomic mass is 10.2. The van der Waals surface area contributed by atoms with Crippen molar-refractivity contribution in [1.29, 1.82) is 0 Å². The van der Waals surface area contributed by atoms with Gasteiger partial charge in [-0.05, 0) is 36.4 Å². The van der Waals surface area contributed by atoms with Crippen molar-refractivity contribution in [2.75, 3.05) is 0 Å². The van der Waals surface area contributed by atoms with Crippen LogP contribution in [-0.2, 0) is 6.61 Å². The predicted molar refractivity (Wildman–Crippen MR) is 76.1 cm³/mol. The Morgan fingerprint density at radius 1 is 1.04 bits per heavy atom. The number of furan rings is 1. The van der Waals surface area contributed by atoms with E-state index in [1.165, 1.54) is 6.39 Å². The SMILES string of the molecule is c1coc(-c2noc(COc3ccc(-c4nnco4)cc3)n2)c1. The molecule has 0 bridgehead atoms. The van der Waals surface area contributed by atoms with E-state index in [9.17, 15) is 0 Å². The summed E-state index contributed by atoms with van der Waals surface area (Å²) in [6, 6.07) is 10.8. The second-order valence-electron chi connectivity index (χ2n) is 4.55. The average molecular weight is 310 g/mol. The molecule has 0 saturated carbocycles. The molecule has 3 aromatic heterocycles. The molecule has 23 heavy (non-hydrogen) atoms. The van der Waals surface area contributed by atoms with E-state index < -0.39 is 0 Å². The number of ether oxygens (including phenoxy) is 1. The second-order valence-corrected chi connectivity index (χ2v) is 4.55. The van der Waals surface area contributed by atoms with E-state index in [4.69, 9.17) is 18.1 Å². The van der Waals surface area contributed by atoms with Gasteiger partial charge in [-0.3, -0.25) is 0 Å². The third kappa shape index (κ3) is 2.82. The summed E-state index contributed by atoms with van der Waals surface area (Å²) in [6.07, 6.45) is 2.83. The van der Waals surface area contributed by atoms with Crippen molar-refractivity contribution in [2.45, 2.75) is 6.61 Å². The molecule has 0 saturated heterocycles. The molecule has 114 valence electrons. The van der Waals surface area contributed by atoms with Crippen molar-refractivity contribution >= 4 is 0 Å². The molecular weight excluding hydrogens is 300 g/mol. The maximum Gasteiger partial charge on any atom is 0.264 e. The highest BCUT2D eigenvalue weighted by molar-refractivity contribution is 5.53. The van der Waals surface area contributed by atoms with Gasteiger partial charge in [-0.2, -0.15) is 4.98 Å². The van der Waals surface area contributed by atoms with E-state index in [-0.39, 0.29) is 6.61 Å². The third-order valence-corrected chi connectivity index (χ3v) is 3.03. The van der Waals surface area contributed by atoms with Gasteiger partial charge in [0, 0.05) is 5.56 Å². The minimum absolute atomic E-state index is 0.160. The largest absolute Gasteiger partial charge is 0.484 e. The molecule has 0 aliphatic carbocycles. The Balaban J connectivity index is 1.41. The number of benzene rings is 1. The van der Waals surface area contributed by atoms with E-state index in [1.807, 2.05) is 12.1 Å². The third-order valence-electron chi connectivity index (χ3n) is 3.03. The summed E-state index contributed by atoms with van der Waals surface area (Å²) in [7, 11) is 0. The molecule has 0 aliphatic heterocycles. The lowest BCUT2D eigenvalue weighted by molar-refractivity contribution is 0.243. The highest BCUT2D eigenvalue weighted by Gasteiger charge is 2.11. The summed E-state index contributed by atoms with van der Waals surface area (Å²) in [5.41, 5.74) is 0.813. The average Bonchev–Trinajstić information content (AvgIpc) is 3.35. The molecule has 0 aliphatic rings. The summed E-state index contributed by atoms with van der Waals surface area (Å²) < 4.78 is 21.0. The van der Waals surface area contributed by atoms with Gasteiger partial charge in [0.1, 0.15) is 5.75 Å². The van der Waals surface area contributed by atoms with Crippen LogP contribution in [0.25, 0.3) is 23.0 Å². The van der Waals surface area contributed by atoms with Gasteiger partial charge >= 0.3 is 0 Å². The van der Waals surface area contributed by atoms with E-state index in [0.717, 1.165) is 5.56 Å². The number of hydrogen-bond acceptors (Lipinski definition) is 8. The molecule has 0 spiro atoms. The maximum atomic E-state index is 5.60. The van der Waals surface area contributed by atoms with E-state index >= 15 is 0 Å². The monoisotopic (exact) mass is 310 g/mol. The minimum Gasteiger partial charge on any atom is -0.484 e. The lowest BCUT2D eigenvalue weighted by Crippen LogP contribution is -1.95. The zero-order chi connectivity index (χ0) is 15.5. The summed E-state index contributed by atoms with van der Waals surface area (Å²) in [5, 5.41) is 11.3. The van der Waals surface area contributed by atoms with E-state index in [0.29, 0.717) is 29.1 Å². The molecule has 0 amide bonds. The Labute approximate surface area is 129 Å². The van der Waals surface area contributed by atoms with Gasteiger partial charge < -0.3 is 18.1 Å². The first-order valence-corrected chi connectivity index (χ1v) is 6.74. The Kier molecular flexibility index (Phi) is 3.32. The maximum absolute atomic E-state index is 5.60. The highest BCUT2D eigenvalue weighted by atomic mass is 16.5. The molecule has 0 N–H and O–H groups in total. The summed E-state index contributed by atoms with van der Waals surface area (Å²) in [6.45, 7) is 0.160. The Morgan fingerprint density at radius 3 is 2.70 bits per heavy atom. The first kappa shape index (κ1) is 13.3. The smallest absolute Gasteiger partial charge is 0.264 e. The zero-order valence-corrected chi connectivity index (χ0v) is 11.7. The van der Waals surface area contributed by atoms with Crippen LogP contribution >= 0.6 is 0 Å². The van der Waals surface area contributed by atoms with Gasteiger partial charge in [0.05, 0.1) is 6.26 Å². The van der Waals surface area contributed by atoms with Gasteiger partial charge in [-0.1, -0.05) is 5.16 Å². The van der Waals surface area contributed by atoms with Crippen molar-refractivity contribution in [2.24, 2.45) is 0 Å². The first-order valence-electron chi connectivity index (χ1n) is 6.74. The second kappa shape index (κ2) is 5.76. The van der Waals surface area contributed by atoms with Crippen LogP contribution in [-0.4, -0.2) is 20.3 Å². The van der Waals surface area contributed by atoms with Crippen LogP contribution in [0.4, 0.5) is 0 Å². The van der Waals surface area contributed by atoms with Crippen LogP contribution in [0.5, 0.6) is 5.75 Å². The van der Waals surface area contributed by atoms with Gasteiger partial charge in [0.25, 0.3) is 5.89 Å². The number of rotatable bonds is 5. The summed E-state index contributed by atoms with van der Waals surface area (Å²) in [4.78, 5) is 4.20. The molecule has 0 fully saturated rings. The molecule has 3 heterocycles. The molecular formula is C15H10N4O4. The van der Waals surface area contributed by atoms with Gasteiger partial charge in [0.2, 0.25) is 18.1 Å². The van der Waals surface area contributed by atoms with Crippen molar-refractivity contribution in [3.63, 3.8) is 0 Å². The van der Waals surface area contributed by atoms with E-state index in [1.54, 1.807) is 30.5 Å². The molecule has 0 radical (unpaired) electrons. The normalized spacial score (nSPS) is 10.8. The fraction of sp³-hybridized carbons (Fsp3) is 0.0667. The zero-order valence-electron chi connectivity index (χ0n) is 11.7. The standard InChI is InChI=1S/C15H10N4O4/c1-2-12(20-7-1)14-17-13(23-19-14)8-21-11-5-3-10(4-6-11)15-18-16-9-22-15/h1-7,9H,8H2. The molecule has 8 nitrogen and oxygen atoms in total. The Bertz CT molecular complexity index is 867. The molecule has 1 aromatic carbocycles. The van der Waals surface area contributed by atoms with Crippen molar-refractivity contribution in [1.82, 2.24) is 20.3 Å². The predicted octanol–water partition coefficient (Wildman–Crippen LogP) is 2.96. The van der Waals surface area contributed by atoms with Gasteiger partial charge in [0.15, 0.2) is 12.4 Å². The lowest BCUT2D eigenvalue weighted by Gasteiger charge is -2.03.